The second-order valence-electron chi connectivity index (χ2n) is 7.73. The van der Waals surface area contributed by atoms with Crippen LogP contribution < -0.4 is 9.47 Å². The molecule has 1 saturated heterocycles. The largest absolute Gasteiger partial charge is 0.490 e. The Hall–Kier alpha value is -3.70. The lowest BCUT2D eigenvalue weighted by atomic mass is 10.00. The van der Waals surface area contributed by atoms with Crippen molar-refractivity contribution in [3.05, 3.63) is 64.1 Å². The van der Waals surface area contributed by atoms with Crippen LogP contribution in [0.2, 0.25) is 0 Å². The van der Waals surface area contributed by atoms with Gasteiger partial charge in [0.1, 0.15) is 13.2 Å². The fourth-order valence-corrected chi connectivity index (χ4v) is 4.69. The number of nitrogens with zero attached hydrogens (tertiary/aromatic N) is 2. The molecule has 2 aliphatic rings. The fourth-order valence-electron chi connectivity index (χ4n) is 3.85. The number of carbonyl (C=O) groups excluding carboxylic acids is 3. The van der Waals surface area contributed by atoms with Crippen LogP contribution in [0, 0.1) is 12.3 Å². The monoisotopic (exact) mass is 476 g/mol. The van der Waals surface area contributed by atoms with Gasteiger partial charge in [-0.1, -0.05) is 36.3 Å². The van der Waals surface area contributed by atoms with Gasteiger partial charge < -0.3 is 14.4 Å². The van der Waals surface area contributed by atoms with Crippen LogP contribution in [0.1, 0.15) is 23.6 Å². The van der Waals surface area contributed by atoms with Crippen LogP contribution in [0.4, 0.5) is 4.79 Å². The number of hydrogen-bond acceptors (Lipinski definition) is 6. The SMILES string of the molecule is C#CCOc1ccc(/C=C2\SC(=O)N(CC(=O)N3CCc4ccccc4C3)C2=O)cc1OCC. The van der Waals surface area contributed by atoms with Crippen LogP contribution in [0.5, 0.6) is 11.5 Å². The molecule has 2 heterocycles. The van der Waals surface area contributed by atoms with E-state index in [9.17, 15) is 14.4 Å². The van der Waals surface area contributed by atoms with E-state index in [1.807, 2.05) is 25.1 Å². The number of ether oxygens (including phenoxy) is 2. The smallest absolute Gasteiger partial charge is 0.294 e. The summed E-state index contributed by atoms with van der Waals surface area (Å²) in [4.78, 5) is 41.3. The standard InChI is InChI=1S/C26H24N2O5S/c1-3-13-33-21-10-9-18(14-22(21)32-4-2)15-23-25(30)28(26(31)34-23)17-24(29)27-12-11-19-7-5-6-8-20(19)16-27/h1,5-10,14-15H,4,11-13,16-17H2,2H3/b23-15-. The second kappa shape index (κ2) is 10.5. The van der Waals surface area contributed by atoms with Gasteiger partial charge in [-0.25, -0.2) is 0 Å². The third-order valence-electron chi connectivity index (χ3n) is 5.53. The average Bonchev–Trinajstić information content (AvgIpc) is 3.10. The summed E-state index contributed by atoms with van der Waals surface area (Å²) < 4.78 is 11.1. The van der Waals surface area contributed by atoms with E-state index in [-0.39, 0.29) is 24.0 Å². The maximum absolute atomic E-state index is 12.9. The molecule has 2 aromatic rings. The number of rotatable bonds is 7. The number of benzene rings is 2. The molecule has 2 aliphatic heterocycles. The molecule has 0 saturated carbocycles. The molecule has 174 valence electrons. The molecule has 0 unspecified atom stereocenters. The highest BCUT2D eigenvalue weighted by Gasteiger charge is 2.37. The highest BCUT2D eigenvalue weighted by molar-refractivity contribution is 8.18. The molecule has 3 amide bonds. The number of carbonyl (C=O) groups is 3. The van der Waals surface area contributed by atoms with Crippen molar-refractivity contribution in [1.29, 1.82) is 0 Å². The minimum atomic E-state index is -0.480. The first kappa shape index (κ1) is 23.5. The number of thioether (sulfide) groups is 1. The molecule has 7 nitrogen and oxygen atoms in total. The zero-order valence-electron chi connectivity index (χ0n) is 18.8. The van der Waals surface area contributed by atoms with E-state index in [4.69, 9.17) is 15.9 Å². The van der Waals surface area contributed by atoms with E-state index >= 15 is 0 Å². The van der Waals surface area contributed by atoms with Crippen LogP contribution in [-0.4, -0.2) is 53.2 Å². The van der Waals surface area contributed by atoms with Crippen molar-refractivity contribution in [1.82, 2.24) is 9.80 Å². The molecule has 0 bridgehead atoms. The Morgan fingerprint density at radius 2 is 1.94 bits per heavy atom. The third-order valence-corrected chi connectivity index (χ3v) is 6.43. The first-order valence-corrected chi connectivity index (χ1v) is 11.7. The van der Waals surface area contributed by atoms with Crippen LogP contribution in [-0.2, 0) is 22.6 Å². The molecule has 4 rings (SSSR count). The van der Waals surface area contributed by atoms with Gasteiger partial charge in [0, 0.05) is 13.1 Å². The Bertz CT molecular complexity index is 1200. The van der Waals surface area contributed by atoms with Crippen molar-refractivity contribution in [2.24, 2.45) is 0 Å². The summed E-state index contributed by atoms with van der Waals surface area (Å²) in [6.07, 6.45) is 7.62. The Balaban J connectivity index is 1.46. The lowest BCUT2D eigenvalue weighted by Crippen LogP contribution is -2.44. The van der Waals surface area contributed by atoms with Crippen molar-refractivity contribution in [2.75, 3.05) is 26.3 Å². The number of imide groups is 1. The van der Waals surface area contributed by atoms with Gasteiger partial charge in [0.2, 0.25) is 5.91 Å². The Morgan fingerprint density at radius 1 is 1.15 bits per heavy atom. The van der Waals surface area contributed by atoms with E-state index in [0.29, 0.717) is 36.8 Å². The Labute approximate surface area is 202 Å². The van der Waals surface area contributed by atoms with E-state index < -0.39 is 11.1 Å². The van der Waals surface area contributed by atoms with E-state index in [1.54, 1.807) is 29.2 Å². The van der Waals surface area contributed by atoms with Gasteiger partial charge in [0.25, 0.3) is 11.1 Å². The number of fused-ring (bicyclic) bond motifs is 1. The van der Waals surface area contributed by atoms with Crippen molar-refractivity contribution in [2.45, 2.75) is 19.9 Å². The summed E-state index contributed by atoms with van der Waals surface area (Å²) in [6.45, 7) is 3.16. The van der Waals surface area contributed by atoms with E-state index in [2.05, 4.69) is 12.0 Å². The molecule has 34 heavy (non-hydrogen) atoms. The lowest BCUT2D eigenvalue weighted by molar-refractivity contribution is -0.136. The third kappa shape index (κ3) is 5.10. The minimum absolute atomic E-state index is 0.106. The predicted octanol–water partition coefficient (Wildman–Crippen LogP) is 3.72. The van der Waals surface area contributed by atoms with Gasteiger partial charge in [0.15, 0.2) is 11.5 Å². The van der Waals surface area contributed by atoms with Gasteiger partial charge in [0.05, 0.1) is 11.5 Å². The minimum Gasteiger partial charge on any atom is -0.490 e. The van der Waals surface area contributed by atoms with E-state index in [0.717, 1.165) is 28.6 Å². The first-order chi connectivity index (χ1) is 16.5. The zero-order valence-corrected chi connectivity index (χ0v) is 19.6. The van der Waals surface area contributed by atoms with Crippen molar-refractivity contribution in [3.8, 4) is 23.8 Å². The van der Waals surface area contributed by atoms with Crippen LogP contribution in [0.3, 0.4) is 0 Å². The average molecular weight is 477 g/mol. The Kier molecular flexibility index (Phi) is 7.24. The van der Waals surface area contributed by atoms with Crippen LogP contribution in [0.15, 0.2) is 47.4 Å². The van der Waals surface area contributed by atoms with Crippen LogP contribution in [0.25, 0.3) is 6.08 Å². The summed E-state index contributed by atoms with van der Waals surface area (Å²) in [5.74, 6) is 2.67. The quantitative estimate of drug-likeness (QED) is 0.448. The summed E-state index contributed by atoms with van der Waals surface area (Å²) in [5.41, 5.74) is 2.99. The number of terminal acetylenes is 1. The zero-order chi connectivity index (χ0) is 24.1. The summed E-state index contributed by atoms with van der Waals surface area (Å²) in [6, 6.07) is 13.2. The molecule has 0 atom stereocenters. The highest BCUT2D eigenvalue weighted by atomic mass is 32.2. The number of hydrogen-bond donors (Lipinski definition) is 0. The van der Waals surface area contributed by atoms with Gasteiger partial charge in [-0.3, -0.25) is 19.3 Å². The first-order valence-electron chi connectivity index (χ1n) is 10.9. The van der Waals surface area contributed by atoms with Gasteiger partial charge in [-0.2, -0.15) is 0 Å². The van der Waals surface area contributed by atoms with Crippen molar-refractivity contribution >= 4 is 34.9 Å². The number of amides is 3. The second-order valence-corrected chi connectivity index (χ2v) is 8.73. The molecular formula is C26H24N2O5S. The molecule has 0 N–H and O–H groups in total. The normalized spacial score (nSPS) is 16.4. The van der Waals surface area contributed by atoms with Gasteiger partial charge in [-0.05, 0) is 60.0 Å². The molecular weight excluding hydrogens is 452 g/mol. The van der Waals surface area contributed by atoms with Crippen molar-refractivity contribution in [3.63, 3.8) is 0 Å². The van der Waals surface area contributed by atoms with Crippen LogP contribution >= 0.6 is 11.8 Å². The summed E-state index contributed by atoms with van der Waals surface area (Å²) in [7, 11) is 0. The Morgan fingerprint density at radius 3 is 2.71 bits per heavy atom. The van der Waals surface area contributed by atoms with Crippen molar-refractivity contribution < 1.29 is 23.9 Å². The van der Waals surface area contributed by atoms with E-state index in [1.165, 1.54) is 5.56 Å². The molecule has 1 fully saturated rings. The summed E-state index contributed by atoms with van der Waals surface area (Å²) in [5, 5.41) is -0.457. The molecule has 0 radical (unpaired) electrons. The molecule has 2 aromatic carbocycles. The molecule has 8 heteroatoms. The lowest BCUT2D eigenvalue weighted by Gasteiger charge is -2.29. The van der Waals surface area contributed by atoms with Gasteiger partial charge in [-0.15, -0.1) is 6.42 Å². The predicted molar refractivity (Wildman–Crippen MR) is 130 cm³/mol. The fraction of sp³-hybridized carbons (Fsp3) is 0.269. The maximum Gasteiger partial charge on any atom is 0.294 e. The molecule has 0 aromatic heterocycles. The molecule has 0 aliphatic carbocycles. The highest BCUT2D eigenvalue weighted by Crippen LogP contribution is 2.35. The topological polar surface area (TPSA) is 76.2 Å². The van der Waals surface area contributed by atoms with Gasteiger partial charge >= 0.3 is 0 Å². The summed E-state index contributed by atoms with van der Waals surface area (Å²) >= 11 is 0.820. The molecule has 0 spiro atoms. The maximum atomic E-state index is 12.9.